The summed E-state index contributed by atoms with van der Waals surface area (Å²) in [4.78, 5) is 0. The minimum atomic E-state index is -1.07. The van der Waals surface area contributed by atoms with Crippen molar-refractivity contribution in [2.24, 2.45) is 0 Å². The third kappa shape index (κ3) is 2.91. The molecule has 0 aliphatic carbocycles. The monoisotopic (exact) mass is 276 g/mol. The molecule has 0 aliphatic heterocycles. The zero-order valence-electron chi connectivity index (χ0n) is 11.7. The predicted octanol–water partition coefficient (Wildman–Crippen LogP) is 3.23. The van der Waals surface area contributed by atoms with E-state index in [-0.39, 0.29) is 5.56 Å². The Balaban J connectivity index is 2.44. The van der Waals surface area contributed by atoms with Crippen LogP contribution in [0.3, 0.4) is 0 Å². The van der Waals surface area contributed by atoms with Crippen LogP contribution in [-0.2, 0) is 0 Å². The van der Waals surface area contributed by atoms with E-state index >= 15 is 0 Å². The zero-order valence-corrected chi connectivity index (χ0v) is 11.7. The molecule has 2 aromatic rings. The molecule has 0 saturated heterocycles. The summed E-state index contributed by atoms with van der Waals surface area (Å²) in [6.07, 6.45) is -1.07. The molecule has 3 nitrogen and oxygen atoms in total. The molecule has 0 radical (unpaired) electrons. The van der Waals surface area contributed by atoms with Crippen molar-refractivity contribution < 1.29 is 19.0 Å². The van der Waals surface area contributed by atoms with Crippen molar-refractivity contribution in [3.05, 3.63) is 58.9 Å². The quantitative estimate of drug-likeness (QED) is 0.931. The van der Waals surface area contributed by atoms with Gasteiger partial charge in [0.25, 0.3) is 0 Å². The molecular formula is C16H17FO3. The maximum absolute atomic E-state index is 13.9. The number of hydrogen-bond donors (Lipinski definition) is 1. The van der Waals surface area contributed by atoms with E-state index < -0.39 is 11.9 Å². The van der Waals surface area contributed by atoms with E-state index in [0.717, 1.165) is 5.56 Å². The van der Waals surface area contributed by atoms with Gasteiger partial charge in [-0.25, -0.2) is 4.39 Å². The highest BCUT2D eigenvalue weighted by molar-refractivity contribution is 5.42. The lowest BCUT2D eigenvalue weighted by molar-refractivity contribution is 0.214. The molecule has 1 unspecified atom stereocenters. The minimum absolute atomic E-state index is 0.228. The Kier molecular flexibility index (Phi) is 4.25. The van der Waals surface area contributed by atoms with Gasteiger partial charge in [-0.2, -0.15) is 0 Å². The van der Waals surface area contributed by atoms with Crippen LogP contribution in [0.5, 0.6) is 11.5 Å². The van der Waals surface area contributed by atoms with Gasteiger partial charge in [0, 0.05) is 11.6 Å². The van der Waals surface area contributed by atoms with Crippen LogP contribution >= 0.6 is 0 Å². The van der Waals surface area contributed by atoms with Crippen LogP contribution in [0.2, 0.25) is 0 Å². The number of halogens is 1. The second-order valence-electron chi connectivity index (χ2n) is 4.57. The fourth-order valence-electron chi connectivity index (χ4n) is 2.02. The molecule has 0 aromatic heterocycles. The molecule has 1 N–H and O–H groups in total. The molecule has 106 valence electrons. The average molecular weight is 276 g/mol. The van der Waals surface area contributed by atoms with E-state index in [1.807, 2.05) is 0 Å². The van der Waals surface area contributed by atoms with Crippen molar-refractivity contribution in [2.75, 3.05) is 14.2 Å². The summed E-state index contributed by atoms with van der Waals surface area (Å²) in [6, 6.07) is 9.76. The standard InChI is InChI=1S/C16H17FO3/c1-10-4-5-14(15(17)6-10)16(18)11-7-12(19-2)9-13(8-11)20-3/h4-9,16,18H,1-3H3. The van der Waals surface area contributed by atoms with E-state index in [2.05, 4.69) is 0 Å². The van der Waals surface area contributed by atoms with Crippen LogP contribution in [0, 0.1) is 12.7 Å². The lowest BCUT2D eigenvalue weighted by Crippen LogP contribution is -2.04. The molecule has 0 heterocycles. The van der Waals surface area contributed by atoms with Gasteiger partial charge < -0.3 is 14.6 Å². The first-order valence-corrected chi connectivity index (χ1v) is 6.22. The molecule has 0 fully saturated rings. The number of benzene rings is 2. The fraction of sp³-hybridized carbons (Fsp3) is 0.250. The van der Waals surface area contributed by atoms with Crippen molar-refractivity contribution in [3.63, 3.8) is 0 Å². The van der Waals surface area contributed by atoms with Crippen molar-refractivity contribution in [2.45, 2.75) is 13.0 Å². The van der Waals surface area contributed by atoms with Crippen LogP contribution in [0.1, 0.15) is 22.8 Å². The Morgan fingerprint density at radius 1 is 1.00 bits per heavy atom. The molecule has 0 bridgehead atoms. The number of methoxy groups -OCH3 is 2. The lowest BCUT2D eigenvalue weighted by atomic mass is 9.99. The molecular weight excluding hydrogens is 259 g/mol. The SMILES string of the molecule is COc1cc(OC)cc(C(O)c2ccc(C)cc2F)c1. The molecule has 1 atom stereocenters. The van der Waals surface area contributed by atoms with Gasteiger partial charge in [-0.1, -0.05) is 12.1 Å². The second-order valence-corrected chi connectivity index (χ2v) is 4.57. The topological polar surface area (TPSA) is 38.7 Å². The first-order valence-electron chi connectivity index (χ1n) is 6.22. The van der Waals surface area contributed by atoms with E-state index in [9.17, 15) is 9.50 Å². The van der Waals surface area contributed by atoms with Gasteiger partial charge in [0.2, 0.25) is 0 Å². The third-order valence-corrected chi connectivity index (χ3v) is 3.14. The van der Waals surface area contributed by atoms with Crippen molar-refractivity contribution in [1.82, 2.24) is 0 Å². The number of aliphatic hydroxyl groups is 1. The van der Waals surface area contributed by atoms with Gasteiger partial charge in [-0.3, -0.25) is 0 Å². The summed E-state index contributed by atoms with van der Waals surface area (Å²) in [5.74, 6) is 0.663. The Morgan fingerprint density at radius 2 is 1.60 bits per heavy atom. The van der Waals surface area contributed by atoms with Crippen molar-refractivity contribution in [3.8, 4) is 11.5 Å². The lowest BCUT2D eigenvalue weighted by Gasteiger charge is -2.15. The molecule has 0 saturated carbocycles. The van der Waals surface area contributed by atoms with Crippen LogP contribution in [0.25, 0.3) is 0 Å². The summed E-state index contributed by atoms with van der Waals surface area (Å²) < 4.78 is 24.2. The summed E-state index contributed by atoms with van der Waals surface area (Å²) >= 11 is 0. The van der Waals surface area contributed by atoms with Crippen LogP contribution in [0.15, 0.2) is 36.4 Å². The normalized spacial score (nSPS) is 12.1. The Labute approximate surface area is 117 Å². The Bertz CT molecular complexity index is 588. The van der Waals surface area contributed by atoms with Gasteiger partial charge >= 0.3 is 0 Å². The summed E-state index contributed by atoms with van der Waals surface area (Å²) in [7, 11) is 3.05. The van der Waals surface area contributed by atoms with E-state index in [1.54, 1.807) is 37.3 Å². The minimum Gasteiger partial charge on any atom is -0.497 e. The number of hydrogen-bond acceptors (Lipinski definition) is 3. The zero-order chi connectivity index (χ0) is 14.7. The highest BCUT2D eigenvalue weighted by Crippen LogP contribution is 2.31. The third-order valence-electron chi connectivity index (χ3n) is 3.14. The smallest absolute Gasteiger partial charge is 0.129 e. The summed E-state index contributed by atoms with van der Waals surface area (Å²) in [6.45, 7) is 1.80. The fourth-order valence-corrected chi connectivity index (χ4v) is 2.02. The van der Waals surface area contributed by atoms with Crippen molar-refractivity contribution in [1.29, 1.82) is 0 Å². The van der Waals surface area contributed by atoms with Gasteiger partial charge in [0.05, 0.1) is 14.2 Å². The molecule has 0 aliphatic rings. The molecule has 0 amide bonds. The first-order chi connectivity index (χ1) is 9.55. The molecule has 2 aromatic carbocycles. The number of aryl methyl sites for hydroxylation is 1. The van der Waals surface area contributed by atoms with Gasteiger partial charge in [0.15, 0.2) is 0 Å². The second kappa shape index (κ2) is 5.92. The van der Waals surface area contributed by atoms with Gasteiger partial charge in [-0.15, -0.1) is 0 Å². The van der Waals surface area contributed by atoms with E-state index in [0.29, 0.717) is 17.1 Å². The van der Waals surface area contributed by atoms with Crippen LogP contribution in [0.4, 0.5) is 4.39 Å². The van der Waals surface area contributed by atoms with Crippen LogP contribution in [-0.4, -0.2) is 19.3 Å². The van der Waals surface area contributed by atoms with Crippen molar-refractivity contribution >= 4 is 0 Å². The number of aliphatic hydroxyl groups excluding tert-OH is 1. The number of rotatable bonds is 4. The maximum atomic E-state index is 13.9. The first kappa shape index (κ1) is 14.3. The summed E-state index contributed by atoms with van der Waals surface area (Å²) in [5, 5.41) is 10.4. The molecule has 4 heteroatoms. The van der Waals surface area contributed by atoms with E-state index in [4.69, 9.17) is 9.47 Å². The molecule has 2 rings (SSSR count). The highest BCUT2D eigenvalue weighted by Gasteiger charge is 2.17. The maximum Gasteiger partial charge on any atom is 0.129 e. The number of ether oxygens (including phenoxy) is 2. The van der Waals surface area contributed by atoms with Gasteiger partial charge in [0.1, 0.15) is 23.4 Å². The Morgan fingerprint density at radius 3 is 2.10 bits per heavy atom. The Hall–Kier alpha value is -2.07. The van der Waals surface area contributed by atoms with Crippen LogP contribution < -0.4 is 9.47 Å². The van der Waals surface area contributed by atoms with Gasteiger partial charge in [-0.05, 0) is 36.2 Å². The highest BCUT2D eigenvalue weighted by atomic mass is 19.1. The average Bonchev–Trinajstić information content (AvgIpc) is 2.46. The molecule has 0 spiro atoms. The molecule has 20 heavy (non-hydrogen) atoms. The summed E-state index contributed by atoms with van der Waals surface area (Å²) in [5.41, 5.74) is 1.55. The van der Waals surface area contributed by atoms with E-state index in [1.165, 1.54) is 20.3 Å². The predicted molar refractivity (Wildman–Crippen MR) is 74.7 cm³/mol. The largest absolute Gasteiger partial charge is 0.497 e.